The SMILES string of the molecule is N#Cc1nnc(N2CCN(Cc3ccc4c5c(c(=O)[nH]c4c3)CCCN5)CC2)s1. The number of H-pyrrole nitrogens is 1. The number of pyridine rings is 1. The van der Waals surface area contributed by atoms with Crippen molar-refractivity contribution in [3.8, 4) is 6.07 Å². The lowest BCUT2D eigenvalue weighted by molar-refractivity contribution is 0.250. The van der Waals surface area contributed by atoms with Gasteiger partial charge in [-0.05, 0) is 24.5 Å². The number of benzene rings is 1. The van der Waals surface area contributed by atoms with Gasteiger partial charge in [-0.1, -0.05) is 23.5 Å². The lowest BCUT2D eigenvalue weighted by atomic mass is 10.0. The first kappa shape index (κ1) is 18.1. The number of fused-ring (bicyclic) bond motifs is 3. The van der Waals surface area contributed by atoms with E-state index in [1.54, 1.807) is 0 Å². The Hall–Kier alpha value is -2.96. The van der Waals surface area contributed by atoms with E-state index in [4.69, 9.17) is 5.26 Å². The van der Waals surface area contributed by atoms with Gasteiger partial charge in [0.25, 0.3) is 5.56 Å². The Labute approximate surface area is 171 Å². The zero-order valence-electron chi connectivity index (χ0n) is 15.9. The molecule has 1 aromatic carbocycles. The first-order valence-corrected chi connectivity index (χ1v) is 10.7. The summed E-state index contributed by atoms with van der Waals surface area (Å²) >= 11 is 1.34. The molecule has 0 spiro atoms. The van der Waals surface area contributed by atoms with Gasteiger partial charge in [-0.25, -0.2) is 0 Å². The lowest BCUT2D eigenvalue weighted by Gasteiger charge is -2.34. The topological polar surface area (TPSA) is 101 Å². The predicted molar refractivity (Wildman–Crippen MR) is 113 cm³/mol. The van der Waals surface area contributed by atoms with E-state index >= 15 is 0 Å². The normalized spacial score (nSPS) is 17.0. The summed E-state index contributed by atoms with van der Waals surface area (Å²) in [5.74, 6) is 0. The van der Waals surface area contributed by atoms with Gasteiger partial charge < -0.3 is 15.2 Å². The summed E-state index contributed by atoms with van der Waals surface area (Å²) in [6.45, 7) is 5.32. The van der Waals surface area contributed by atoms with Crippen molar-refractivity contribution in [3.05, 3.63) is 44.7 Å². The molecule has 1 saturated heterocycles. The molecule has 29 heavy (non-hydrogen) atoms. The minimum atomic E-state index is 0.0271. The number of rotatable bonds is 3. The van der Waals surface area contributed by atoms with E-state index in [9.17, 15) is 4.79 Å². The Morgan fingerprint density at radius 1 is 1.21 bits per heavy atom. The summed E-state index contributed by atoms with van der Waals surface area (Å²) in [5, 5.41) is 22.6. The van der Waals surface area contributed by atoms with E-state index < -0.39 is 0 Å². The fourth-order valence-electron chi connectivity index (χ4n) is 4.15. The number of hydrogen-bond acceptors (Lipinski definition) is 8. The fraction of sp³-hybridized carbons (Fsp3) is 0.400. The van der Waals surface area contributed by atoms with E-state index in [0.717, 1.165) is 79.4 Å². The molecular formula is C20H21N7OS. The maximum atomic E-state index is 12.4. The third kappa shape index (κ3) is 3.45. The third-order valence-corrected chi connectivity index (χ3v) is 6.53. The average molecular weight is 408 g/mol. The number of piperazine rings is 1. The summed E-state index contributed by atoms with van der Waals surface area (Å²) in [7, 11) is 0. The van der Waals surface area contributed by atoms with E-state index in [0.29, 0.717) is 5.01 Å². The van der Waals surface area contributed by atoms with Gasteiger partial charge in [0.15, 0.2) is 0 Å². The number of nitrogens with one attached hydrogen (secondary N) is 2. The van der Waals surface area contributed by atoms with Gasteiger partial charge >= 0.3 is 0 Å². The Morgan fingerprint density at radius 2 is 2.07 bits per heavy atom. The third-order valence-electron chi connectivity index (χ3n) is 5.64. The summed E-state index contributed by atoms with van der Waals surface area (Å²) in [6.07, 6.45) is 1.84. The first-order chi connectivity index (χ1) is 14.2. The van der Waals surface area contributed by atoms with Crippen LogP contribution in [0.3, 0.4) is 0 Å². The van der Waals surface area contributed by atoms with Crippen molar-refractivity contribution in [3.63, 3.8) is 0 Å². The summed E-state index contributed by atoms with van der Waals surface area (Å²) in [6, 6.07) is 8.43. The van der Waals surface area contributed by atoms with Crippen molar-refractivity contribution in [2.75, 3.05) is 42.9 Å². The standard InChI is InChI=1S/C20H21N7OS/c21-11-17-24-25-20(29-17)27-8-6-26(7-9-27)12-13-3-4-14-16(10-13)23-19(28)15-2-1-5-22-18(14)15/h3-4,10,22H,1-2,5-9,12H2,(H,23,28). The molecule has 2 aliphatic heterocycles. The van der Waals surface area contributed by atoms with Gasteiger partial charge in [0.1, 0.15) is 6.07 Å². The number of aromatic nitrogens is 3. The van der Waals surface area contributed by atoms with Crippen molar-refractivity contribution < 1.29 is 0 Å². The zero-order valence-corrected chi connectivity index (χ0v) is 16.8. The molecule has 0 radical (unpaired) electrons. The minimum Gasteiger partial charge on any atom is -0.384 e. The number of anilines is 2. The fourth-order valence-corrected chi connectivity index (χ4v) is 4.84. The van der Waals surface area contributed by atoms with Crippen LogP contribution in [0.15, 0.2) is 23.0 Å². The Morgan fingerprint density at radius 3 is 2.86 bits per heavy atom. The Bertz CT molecular complexity index is 1150. The van der Waals surface area contributed by atoms with Gasteiger partial charge in [0.05, 0.1) is 11.2 Å². The monoisotopic (exact) mass is 407 g/mol. The van der Waals surface area contributed by atoms with Gasteiger partial charge in [0.2, 0.25) is 10.1 Å². The molecule has 2 aromatic heterocycles. The maximum Gasteiger partial charge on any atom is 0.253 e. The molecule has 4 heterocycles. The molecule has 0 amide bonds. The Kier molecular flexibility index (Phi) is 4.66. The molecule has 2 aliphatic rings. The number of nitrogens with zero attached hydrogens (tertiary/aromatic N) is 5. The van der Waals surface area contributed by atoms with Crippen molar-refractivity contribution >= 4 is 33.1 Å². The van der Waals surface area contributed by atoms with Gasteiger partial charge in [-0.3, -0.25) is 9.69 Å². The summed E-state index contributed by atoms with van der Waals surface area (Å²) in [5.41, 5.74) is 4.00. The minimum absolute atomic E-state index is 0.0271. The van der Waals surface area contributed by atoms with Crippen LogP contribution in [0, 0.1) is 11.3 Å². The smallest absolute Gasteiger partial charge is 0.253 e. The molecular weight excluding hydrogens is 386 g/mol. The van der Waals surface area contributed by atoms with E-state index in [-0.39, 0.29) is 5.56 Å². The molecule has 3 aromatic rings. The average Bonchev–Trinajstić information content (AvgIpc) is 3.24. The zero-order chi connectivity index (χ0) is 19.8. The number of aromatic amines is 1. The molecule has 8 nitrogen and oxygen atoms in total. The summed E-state index contributed by atoms with van der Waals surface area (Å²) in [4.78, 5) is 20.1. The van der Waals surface area contributed by atoms with Crippen LogP contribution in [0.4, 0.5) is 10.8 Å². The quantitative estimate of drug-likeness (QED) is 0.684. The highest BCUT2D eigenvalue weighted by atomic mass is 32.1. The highest BCUT2D eigenvalue weighted by Crippen LogP contribution is 2.28. The largest absolute Gasteiger partial charge is 0.384 e. The molecule has 5 rings (SSSR count). The van der Waals surface area contributed by atoms with Crippen LogP contribution in [-0.4, -0.2) is 52.8 Å². The predicted octanol–water partition coefficient (Wildman–Crippen LogP) is 1.93. The lowest BCUT2D eigenvalue weighted by Crippen LogP contribution is -2.45. The Balaban J connectivity index is 1.30. The van der Waals surface area contributed by atoms with Gasteiger partial charge in [-0.2, -0.15) is 5.26 Å². The highest BCUT2D eigenvalue weighted by Gasteiger charge is 2.21. The van der Waals surface area contributed by atoms with Gasteiger partial charge in [0, 0.05) is 50.2 Å². The van der Waals surface area contributed by atoms with Crippen molar-refractivity contribution in [2.45, 2.75) is 19.4 Å². The van der Waals surface area contributed by atoms with Crippen LogP contribution >= 0.6 is 11.3 Å². The molecule has 0 bridgehead atoms. The molecule has 148 valence electrons. The van der Waals surface area contributed by atoms with Crippen LogP contribution in [0.2, 0.25) is 0 Å². The molecule has 0 atom stereocenters. The van der Waals surface area contributed by atoms with Crippen molar-refractivity contribution in [2.24, 2.45) is 0 Å². The highest BCUT2D eigenvalue weighted by molar-refractivity contribution is 7.15. The van der Waals surface area contributed by atoms with Crippen LogP contribution in [0.1, 0.15) is 22.6 Å². The second-order valence-electron chi connectivity index (χ2n) is 7.48. The first-order valence-electron chi connectivity index (χ1n) is 9.84. The van der Waals surface area contributed by atoms with E-state index in [2.05, 4.69) is 48.5 Å². The molecule has 0 aliphatic carbocycles. The van der Waals surface area contributed by atoms with Crippen molar-refractivity contribution in [1.29, 1.82) is 5.26 Å². The number of hydrogen-bond donors (Lipinski definition) is 2. The number of nitriles is 1. The van der Waals surface area contributed by atoms with Crippen LogP contribution in [-0.2, 0) is 13.0 Å². The van der Waals surface area contributed by atoms with Crippen LogP contribution < -0.4 is 15.8 Å². The second-order valence-corrected chi connectivity index (χ2v) is 8.44. The molecule has 1 fully saturated rings. The molecule has 0 unspecified atom stereocenters. The van der Waals surface area contributed by atoms with Gasteiger partial charge in [-0.15, -0.1) is 10.2 Å². The van der Waals surface area contributed by atoms with Crippen LogP contribution in [0.25, 0.3) is 10.9 Å². The molecule has 9 heteroatoms. The molecule has 0 saturated carbocycles. The van der Waals surface area contributed by atoms with E-state index in [1.165, 1.54) is 16.9 Å². The van der Waals surface area contributed by atoms with Crippen LogP contribution in [0.5, 0.6) is 0 Å². The van der Waals surface area contributed by atoms with Crippen molar-refractivity contribution in [1.82, 2.24) is 20.1 Å². The second kappa shape index (κ2) is 7.46. The van der Waals surface area contributed by atoms with E-state index in [1.807, 2.05) is 6.07 Å². The summed E-state index contributed by atoms with van der Waals surface area (Å²) < 4.78 is 0. The maximum absolute atomic E-state index is 12.4. The molecule has 2 N–H and O–H groups in total.